The van der Waals surface area contributed by atoms with E-state index in [1.54, 1.807) is 18.0 Å². The summed E-state index contributed by atoms with van der Waals surface area (Å²) in [7, 11) is 2.15. The van der Waals surface area contributed by atoms with Crippen LogP contribution in [0.1, 0.15) is 5.69 Å². The molecular weight excluding hydrogens is 290 g/mol. The molecular formula is C13H17N5S2. The number of aromatic nitrogens is 3. The van der Waals surface area contributed by atoms with Crippen molar-refractivity contribution in [2.24, 2.45) is 0 Å². The smallest absolute Gasteiger partial charge is 0.233 e. The highest BCUT2D eigenvalue weighted by Crippen LogP contribution is 2.17. The highest BCUT2D eigenvalue weighted by Gasteiger charge is 2.16. The molecule has 0 amide bonds. The minimum Gasteiger partial charge on any atom is -0.355 e. The summed E-state index contributed by atoms with van der Waals surface area (Å²) in [5.74, 6) is 1.54. The predicted octanol–water partition coefficient (Wildman–Crippen LogP) is 1.49. The average Bonchev–Trinajstić information content (AvgIpc) is 2.88. The summed E-state index contributed by atoms with van der Waals surface area (Å²) >= 11 is 7.20. The zero-order valence-corrected chi connectivity index (χ0v) is 13.0. The van der Waals surface area contributed by atoms with Gasteiger partial charge >= 0.3 is 0 Å². The second-order valence-corrected chi connectivity index (χ2v) is 6.51. The summed E-state index contributed by atoms with van der Waals surface area (Å²) in [6.45, 7) is 4.21. The molecule has 1 aliphatic heterocycles. The number of piperazine rings is 1. The molecule has 2 aromatic rings. The molecule has 7 heteroatoms. The first-order chi connectivity index (χ1) is 9.72. The third-order valence-electron chi connectivity index (χ3n) is 3.39. The molecule has 3 heterocycles. The number of nitrogens with zero attached hydrogens (tertiary/aromatic N) is 5. The molecule has 0 N–H and O–H groups in total. The lowest BCUT2D eigenvalue weighted by atomic mass is 10.4. The highest BCUT2D eigenvalue weighted by molar-refractivity contribution is 8.22. The zero-order valence-electron chi connectivity index (χ0n) is 11.4. The first kappa shape index (κ1) is 13.8. The lowest BCUT2D eigenvalue weighted by molar-refractivity contribution is 0.220. The number of imidazole rings is 1. The Morgan fingerprint density at radius 2 is 2.15 bits per heavy atom. The third kappa shape index (κ3) is 3.11. The number of hydrogen-bond donors (Lipinski definition) is 0. The highest BCUT2D eigenvalue weighted by atomic mass is 32.2. The molecule has 20 heavy (non-hydrogen) atoms. The lowest BCUT2D eigenvalue weighted by Gasteiger charge is -2.33. The standard InChI is InChI=1S/C13H17N5S2/c1-16-5-7-17(8-6-16)13(19)20-10-11-9-18-4-2-3-14-12(18)15-11/h2-4,9H,5-8,10H2,1H3. The summed E-state index contributed by atoms with van der Waals surface area (Å²) < 4.78 is 2.91. The second kappa shape index (κ2) is 6.07. The van der Waals surface area contributed by atoms with Gasteiger partial charge in [0.15, 0.2) is 0 Å². The minimum absolute atomic E-state index is 0.744. The second-order valence-electron chi connectivity index (χ2n) is 4.90. The Labute approximate surface area is 128 Å². The Hall–Kier alpha value is -1.18. The molecule has 0 saturated carbocycles. The van der Waals surface area contributed by atoms with Crippen LogP contribution in [0.5, 0.6) is 0 Å². The van der Waals surface area contributed by atoms with Gasteiger partial charge in [-0.1, -0.05) is 24.0 Å². The fourth-order valence-electron chi connectivity index (χ4n) is 2.17. The molecule has 0 radical (unpaired) electrons. The van der Waals surface area contributed by atoms with Gasteiger partial charge in [0.25, 0.3) is 0 Å². The van der Waals surface area contributed by atoms with Crippen molar-refractivity contribution in [2.45, 2.75) is 5.75 Å². The SMILES string of the molecule is CN1CCN(C(=S)SCc2cn3cccnc3n2)CC1. The molecule has 0 bridgehead atoms. The average molecular weight is 307 g/mol. The Balaban J connectivity index is 1.57. The molecule has 0 spiro atoms. The van der Waals surface area contributed by atoms with E-state index in [4.69, 9.17) is 12.2 Å². The van der Waals surface area contributed by atoms with E-state index >= 15 is 0 Å². The van der Waals surface area contributed by atoms with E-state index in [9.17, 15) is 0 Å². The van der Waals surface area contributed by atoms with E-state index in [0.29, 0.717) is 0 Å². The van der Waals surface area contributed by atoms with Gasteiger partial charge in [-0.05, 0) is 13.1 Å². The molecule has 0 aromatic carbocycles. The first-order valence-corrected chi connectivity index (χ1v) is 8.00. The van der Waals surface area contributed by atoms with Crippen molar-refractivity contribution in [1.29, 1.82) is 0 Å². The third-order valence-corrected chi connectivity index (χ3v) is 4.95. The van der Waals surface area contributed by atoms with Gasteiger partial charge < -0.3 is 9.80 Å². The maximum Gasteiger partial charge on any atom is 0.233 e. The molecule has 1 saturated heterocycles. The molecule has 3 rings (SSSR count). The molecule has 0 atom stereocenters. The predicted molar refractivity (Wildman–Crippen MR) is 86.0 cm³/mol. The van der Waals surface area contributed by atoms with Gasteiger partial charge in [-0.2, -0.15) is 0 Å². The molecule has 2 aromatic heterocycles. The maximum atomic E-state index is 5.51. The van der Waals surface area contributed by atoms with Gasteiger partial charge in [0.05, 0.1) is 5.69 Å². The maximum absolute atomic E-state index is 5.51. The van der Waals surface area contributed by atoms with E-state index < -0.39 is 0 Å². The van der Waals surface area contributed by atoms with E-state index in [2.05, 4.69) is 26.8 Å². The number of thiocarbonyl (C=S) groups is 1. The first-order valence-electron chi connectivity index (χ1n) is 6.61. The van der Waals surface area contributed by atoms with Gasteiger partial charge in [0.1, 0.15) is 4.32 Å². The van der Waals surface area contributed by atoms with Crippen molar-refractivity contribution >= 4 is 34.1 Å². The van der Waals surface area contributed by atoms with Crippen LogP contribution in [-0.2, 0) is 5.75 Å². The fraction of sp³-hybridized carbons (Fsp3) is 0.462. The van der Waals surface area contributed by atoms with Gasteiger partial charge in [-0.25, -0.2) is 9.97 Å². The Morgan fingerprint density at radius 1 is 1.35 bits per heavy atom. The summed E-state index contributed by atoms with van der Waals surface area (Å²) in [6, 6.07) is 1.90. The molecule has 5 nitrogen and oxygen atoms in total. The van der Waals surface area contributed by atoms with Crippen molar-refractivity contribution < 1.29 is 0 Å². The van der Waals surface area contributed by atoms with E-state index in [1.807, 2.05) is 22.9 Å². The Morgan fingerprint density at radius 3 is 2.90 bits per heavy atom. The van der Waals surface area contributed by atoms with Crippen LogP contribution in [0.4, 0.5) is 0 Å². The van der Waals surface area contributed by atoms with Crippen LogP contribution >= 0.6 is 24.0 Å². The number of fused-ring (bicyclic) bond motifs is 1. The number of hydrogen-bond acceptors (Lipinski definition) is 5. The molecule has 0 unspecified atom stereocenters. The van der Waals surface area contributed by atoms with Crippen molar-refractivity contribution in [3.63, 3.8) is 0 Å². The van der Waals surface area contributed by atoms with Crippen molar-refractivity contribution in [2.75, 3.05) is 33.2 Å². The van der Waals surface area contributed by atoms with Crippen molar-refractivity contribution in [3.8, 4) is 0 Å². The van der Waals surface area contributed by atoms with Gasteiger partial charge in [-0.15, -0.1) is 0 Å². The summed E-state index contributed by atoms with van der Waals surface area (Å²) in [5, 5.41) is 0. The fourth-order valence-corrected chi connectivity index (χ4v) is 3.30. The number of likely N-dealkylation sites (N-methyl/N-ethyl adjacent to an activating group) is 1. The zero-order chi connectivity index (χ0) is 13.9. The topological polar surface area (TPSA) is 36.7 Å². The summed E-state index contributed by atoms with van der Waals surface area (Å²) in [4.78, 5) is 13.3. The molecule has 1 fully saturated rings. The summed E-state index contributed by atoms with van der Waals surface area (Å²) in [6.07, 6.45) is 5.73. The monoisotopic (exact) mass is 307 g/mol. The van der Waals surface area contributed by atoms with E-state index in [-0.39, 0.29) is 0 Å². The van der Waals surface area contributed by atoms with Gasteiger partial charge in [0, 0.05) is 50.5 Å². The van der Waals surface area contributed by atoms with Crippen LogP contribution in [0.3, 0.4) is 0 Å². The Bertz CT molecular complexity index is 571. The van der Waals surface area contributed by atoms with Crippen LogP contribution in [0.2, 0.25) is 0 Å². The largest absolute Gasteiger partial charge is 0.355 e. The molecule has 0 aliphatic carbocycles. The van der Waals surface area contributed by atoms with E-state index in [0.717, 1.165) is 47.7 Å². The van der Waals surface area contributed by atoms with Crippen molar-refractivity contribution in [1.82, 2.24) is 24.2 Å². The Kier molecular flexibility index (Phi) is 4.18. The van der Waals surface area contributed by atoms with Gasteiger partial charge in [0.2, 0.25) is 5.78 Å². The quantitative estimate of drug-likeness (QED) is 0.783. The van der Waals surface area contributed by atoms with Crippen LogP contribution in [0.15, 0.2) is 24.7 Å². The molecule has 106 valence electrons. The van der Waals surface area contributed by atoms with Crippen LogP contribution in [-0.4, -0.2) is 61.7 Å². The minimum atomic E-state index is 0.744. The number of rotatable bonds is 2. The normalized spacial score (nSPS) is 16.8. The van der Waals surface area contributed by atoms with Gasteiger partial charge in [-0.3, -0.25) is 4.40 Å². The summed E-state index contributed by atoms with van der Waals surface area (Å²) in [5.41, 5.74) is 1.02. The van der Waals surface area contributed by atoms with Crippen molar-refractivity contribution in [3.05, 3.63) is 30.4 Å². The van der Waals surface area contributed by atoms with Crippen LogP contribution < -0.4 is 0 Å². The lowest BCUT2D eigenvalue weighted by Crippen LogP contribution is -2.45. The van der Waals surface area contributed by atoms with Crippen LogP contribution in [0.25, 0.3) is 5.78 Å². The van der Waals surface area contributed by atoms with E-state index in [1.165, 1.54) is 0 Å². The number of thioether (sulfide) groups is 1. The van der Waals surface area contributed by atoms with Crippen LogP contribution in [0, 0.1) is 0 Å². The molecule has 1 aliphatic rings.